The molecular weight excluding hydrogens is 260 g/mol. The molecule has 0 bridgehead atoms. The highest BCUT2D eigenvalue weighted by Crippen LogP contribution is 2.12. The fourth-order valence-corrected chi connectivity index (χ4v) is 1.46. The number of nitrogens with one attached hydrogen (secondary N) is 1. The standard InChI is InChI=1S/C14H16N2O4/c1-8(9(2)14(19)20)13(18)16-11-5-3-10(4-6-11)7-12(15)17/h3-6H,7H2,1-2H3,(H2,15,17)(H,16,18)(H,19,20). The summed E-state index contributed by atoms with van der Waals surface area (Å²) >= 11 is 0. The molecular formula is C14H16N2O4. The Labute approximate surface area is 116 Å². The van der Waals surface area contributed by atoms with Crippen LogP contribution >= 0.6 is 0 Å². The zero-order valence-corrected chi connectivity index (χ0v) is 11.3. The van der Waals surface area contributed by atoms with Crippen LogP contribution in [0.4, 0.5) is 5.69 Å². The van der Waals surface area contributed by atoms with Gasteiger partial charge in [0.25, 0.3) is 5.91 Å². The molecule has 106 valence electrons. The first-order chi connectivity index (χ1) is 9.31. The number of hydrogen-bond donors (Lipinski definition) is 3. The van der Waals surface area contributed by atoms with Crippen molar-refractivity contribution in [3.8, 4) is 0 Å². The molecule has 0 aliphatic carbocycles. The van der Waals surface area contributed by atoms with E-state index in [0.29, 0.717) is 5.69 Å². The third kappa shape index (κ3) is 4.24. The minimum atomic E-state index is -1.13. The molecule has 0 aromatic heterocycles. The first kappa shape index (κ1) is 15.4. The van der Waals surface area contributed by atoms with Crippen molar-refractivity contribution in [2.75, 3.05) is 5.32 Å². The second-order valence-electron chi connectivity index (χ2n) is 4.35. The molecule has 0 aliphatic rings. The van der Waals surface area contributed by atoms with Crippen LogP contribution in [0, 0.1) is 0 Å². The van der Waals surface area contributed by atoms with Gasteiger partial charge in [-0.2, -0.15) is 0 Å². The van der Waals surface area contributed by atoms with E-state index in [0.717, 1.165) is 5.56 Å². The van der Waals surface area contributed by atoms with Gasteiger partial charge in [-0.1, -0.05) is 12.1 Å². The van der Waals surface area contributed by atoms with Crippen LogP contribution in [0.3, 0.4) is 0 Å². The summed E-state index contributed by atoms with van der Waals surface area (Å²) in [6.07, 6.45) is 0.130. The van der Waals surface area contributed by atoms with Gasteiger partial charge in [-0.05, 0) is 31.5 Å². The van der Waals surface area contributed by atoms with Gasteiger partial charge in [-0.15, -0.1) is 0 Å². The van der Waals surface area contributed by atoms with Crippen molar-refractivity contribution < 1.29 is 19.5 Å². The van der Waals surface area contributed by atoms with E-state index in [2.05, 4.69) is 5.32 Å². The first-order valence-electron chi connectivity index (χ1n) is 5.90. The topological polar surface area (TPSA) is 109 Å². The molecule has 20 heavy (non-hydrogen) atoms. The number of carboxylic acid groups (broad SMARTS) is 1. The van der Waals surface area contributed by atoms with Crippen LogP contribution in [0.25, 0.3) is 0 Å². The summed E-state index contributed by atoms with van der Waals surface area (Å²) in [5.74, 6) is -2.04. The van der Waals surface area contributed by atoms with Crippen molar-refractivity contribution >= 4 is 23.5 Å². The lowest BCUT2D eigenvalue weighted by atomic mass is 10.1. The SMILES string of the molecule is CC(C(=O)O)=C(C)C(=O)Nc1ccc(CC(N)=O)cc1. The van der Waals surface area contributed by atoms with Gasteiger partial charge in [-0.3, -0.25) is 9.59 Å². The van der Waals surface area contributed by atoms with Gasteiger partial charge in [0.15, 0.2) is 0 Å². The Morgan fingerprint density at radius 3 is 2.10 bits per heavy atom. The maximum atomic E-state index is 11.8. The lowest BCUT2D eigenvalue weighted by Gasteiger charge is -2.07. The summed E-state index contributed by atoms with van der Waals surface area (Å²) in [7, 11) is 0. The summed E-state index contributed by atoms with van der Waals surface area (Å²) in [6.45, 7) is 2.81. The molecule has 0 unspecified atom stereocenters. The predicted octanol–water partition coefficient (Wildman–Crippen LogP) is 1.07. The highest BCUT2D eigenvalue weighted by atomic mass is 16.4. The first-order valence-corrected chi connectivity index (χ1v) is 5.90. The number of anilines is 1. The molecule has 0 spiro atoms. The summed E-state index contributed by atoms with van der Waals surface area (Å²) in [5.41, 5.74) is 6.46. The van der Waals surface area contributed by atoms with E-state index in [-0.39, 0.29) is 17.6 Å². The normalized spacial score (nSPS) is 11.5. The molecule has 1 aromatic rings. The van der Waals surface area contributed by atoms with E-state index in [4.69, 9.17) is 10.8 Å². The molecule has 2 amide bonds. The second kappa shape index (κ2) is 6.51. The summed E-state index contributed by atoms with van der Waals surface area (Å²) in [6, 6.07) is 6.59. The van der Waals surface area contributed by atoms with Crippen LogP contribution in [0.5, 0.6) is 0 Å². The molecule has 0 saturated heterocycles. The van der Waals surface area contributed by atoms with Gasteiger partial charge in [0, 0.05) is 16.8 Å². The molecule has 4 N–H and O–H groups in total. The number of amides is 2. The van der Waals surface area contributed by atoms with E-state index < -0.39 is 17.8 Å². The van der Waals surface area contributed by atoms with Crippen molar-refractivity contribution in [3.05, 3.63) is 41.0 Å². The van der Waals surface area contributed by atoms with Gasteiger partial charge < -0.3 is 16.2 Å². The Morgan fingerprint density at radius 1 is 1.10 bits per heavy atom. The maximum Gasteiger partial charge on any atom is 0.331 e. The van der Waals surface area contributed by atoms with Crippen LogP contribution in [0.2, 0.25) is 0 Å². The third-order valence-corrected chi connectivity index (χ3v) is 2.81. The lowest BCUT2D eigenvalue weighted by Crippen LogP contribution is -2.16. The van der Waals surface area contributed by atoms with Crippen LogP contribution in [-0.4, -0.2) is 22.9 Å². The molecule has 0 fully saturated rings. The van der Waals surface area contributed by atoms with Gasteiger partial charge in [0.2, 0.25) is 5.91 Å². The van der Waals surface area contributed by atoms with E-state index in [9.17, 15) is 14.4 Å². The van der Waals surface area contributed by atoms with Crippen LogP contribution in [0.15, 0.2) is 35.4 Å². The minimum Gasteiger partial charge on any atom is -0.478 e. The van der Waals surface area contributed by atoms with Crippen molar-refractivity contribution in [1.29, 1.82) is 0 Å². The molecule has 1 aromatic carbocycles. The second-order valence-corrected chi connectivity index (χ2v) is 4.35. The summed E-state index contributed by atoms with van der Waals surface area (Å²) in [4.78, 5) is 33.3. The van der Waals surface area contributed by atoms with E-state index in [1.54, 1.807) is 24.3 Å². The van der Waals surface area contributed by atoms with Gasteiger partial charge >= 0.3 is 5.97 Å². The third-order valence-electron chi connectivity index (χ3n) is 2.81. The maximum absolute atomic E-state index is 11.8. The van der Waals surface area contributed by atoms with Gasteiger partial charge in [0.1, 0.15) is 0 Å². The molecule has 0 saturated carbocycles. The highest BCUT2D eigenvalue weighted by Gasteiger charge is 2.12. The van der Waals surface area contributed by atoms with Crippen molar-refractivity contribution in [1.82, 2.24) is 0 Å². The number of carbonyl (C=O) groups is 3. The predicted molar refractivity (Wildman–Crippen MR) is 74.0 cm³/mol. The fraction of sp³-hybridized carbons (Fsp3) is 0.214. The smallest absolute Gasteiger partial charge is 0.331 e. The Bertz CT molecular complexity index is 573. The number of carboxylic acids is 1. The number of carbonyl (C=O) groups excluding carboxylic acids is 2. The molecule has 0 atom stereocenters. The van der Waals surface area contributed by atoms with Gasteiger partial charge in [0.05, 0.1) is 6.42 Å². The Morgan fingerprint density at radius 2 is 1.65 bits per heavy atom. The Hall–Kier alpha value is -2.63. The van der Waals surface area contributed by atoms with Crippen molar-refractivity contribution in [2.45, 2.75) is 20.3 Å². The molecule has 6 nitrogen and oxygen atoms in total. The number of rotatable bonds is 5. The lowest BCUT2D eigenvalue weighted by molar-refractivity contribution is -0.133. The van der Waals surface area contributed by atoms with Crippen LogP contribution in [-0.2, 0) is 20.8 Å². The van der Waals surface area contributed by atoms with E-state index in [1.165, 1.54) is 13.8 Å². The largest absolute Gasteiger partial charge is 0.478 e. The quantitative estimate of drug-likeness (QED) is 0.699. The fourth-order valence-electron chi connectivity index (χ4n) is 1.46. The van der Waals surface area contributed by atoms with Crippen LogP contribution in [0.1, 0.15) is 19.4 Å². The number of primary amides is 1. The highest BCUT2D eigenvalue weighted by molar-refractivity contribution is 6.08. The Balaban J connectivity index is 2.79. The van der Waals surface area contributed by atoms with Crippen LogP contribution < -0.4 is 11.1 Å². The number of aliphatic carboxylic acids is 1. The summed E-state index contributed by atoms with van der Waals surface area (Å²) in [5, 5.41) is 11.4. The number of benzene rings is 1. The molecule has 1 rings (SSSR count). The minimum absolute atomic E-state index is 0.00662. The van der Waals surface area contributed by atoms with E-state index in [1.807, 2.05) is 0 Å². The molecule has 0 heterocycles. The monoisotopic (exact) mass is 276 g/mol. The average Bonchev–Trinajstić information content (AvgIpc) is 2.38. The zero-order chi connectivity index (χ0) is 15.3. The number of hydrogen-bond acceptors (Lipinski definition) is 3. The molecule has 6 heteroatoms. The van der Waals surface area contributed by atoms with Crippen molar-refractivity contribution in [3.63, 3.8) is 0 Å². The van der Waals surface area contributed by atoms with E-state index >= 15 is 0 Å². The average molecular weight is 276 g/mol. The number of nitrogens with two attached hydrogens (primary N) is 1. The zero-order valence-electron chi connectivity index (χ0n) is 11.3. The van der Waals surface area contributed by atoms with Gasteiger partial charge in [-0.25, -0.2) is 4.79 Å². The van der Waals surface area contributed by atoms with Crippen molar-refractivity contribution in [2.24, 2.45) is 5.73 Å². The molecule has 0 aliphatic heterocycles. The summed E-state index contributed by atoms with van der Waals surface area (Å²) < 4.78 is 0. The molecule has 0 radical (unpaired) electrons. The Kier molecular flexibility index (Phi) is 5.02.